The van der Waals surface area contributed by atoms with Gasteiger partial charge in [-0.2, -0.15) is 0 Å². The minimum atomic E-state index is -4.01. The molecule has 0 bridgehead atoms. The third-order valence-electron chi connectivity index (χ3n) is 9.19. The minimum Gasteiger partial charge on any atom is -0.455 e. The average Bonchev–Trinajstić information content (AvgIpc) is 3.77. The van der Waals surface area contributed by atoms with E-state index in [9.17, 15) is 26.8 Å². The van der Waals surface area contributed by atoms with Gasteiger partial charge < -0.3 is 13.9 Å². The number of halogens is 2. The van der Waals surface area contributed by atoms with E-state index in [1.807, 2.05) is 30.5 Å². The molecule has 0 spiro atoms. The number of amides is 1. The van der Waals surface area contributed by atoms with Crippen LogP contribution in [0.1, 0.15) is 51.4 Å². The van der Waals surface area contributed by atoms with Crippen LogP contribution in [0.2, 0.25) is 0 Å². The van der Waals surface area contributed by atoms with Crippen molar-refractivity contribution in [2.45, 2.75) is 25.9 Å². The second-order valence-electron chi connectivity index (χ2n) is 12.4. The number of alkyl halides is 1. The number of hydrogen-bond acceptors (Lipinski definition) is 6. The van der Waals surface area contributed by atoms with Gasteiger partial charge in [0.05, 0.1) is 30.1 Å². The van der Waals surface area contributed by atoms with Gasteiger partial charge in [-0.3, -0.25) is 18.9 Å². The van der Waals surface area contributed by atoms with E-state index in [4.69, 9.17) is 4.42 Å². The number of fused-ring (bicyclic) bond motifs is 2. The average molecular weight is 709 g/mol. The number of nitrogens with zero attached hydrogens (tertiary/aromatic N) is 4. The summed E-state index contributed by atoms with van der Waals surface area (Å²) in [5.74, 6) is -0.738. The molecule has 9 nitrogen and oxygen atoms in total. The van der Waals surface area contributed by atoms with Gasteiger partial charge in [0.25, 0.3) is 5.91 Å². The number of rotatable bonds is 10. The number of hydrogen-bond donors (Lipinski definition) is 0. The summed E-state index contributed by atoms with van der Waals surface area (Å²) in [5, 5.41) is 0.402. The molecule has 1 aliphatic rings. The molecule has 7 rings (SSSR count). The first-order valence-corrected chi connectivity index (χ1v) is 18.3. The van der Waals surface area contributed by atoms with Crippen molar-refractivity contribution in [3.8, 4) is 22.5 Å². The summed E-state index contributed by atoms with van der Waals surface area (Å²) in [7, 11) is -4.01. The van der Waals surface area contributed by atoms with Crippen molar-refractivity contribution in [2.24, 2.45) is 0 Å². The van der Waals surface area contributed by atoms with E-state index >= 15 is 0 Å². The lowest BCUT2D eigenvalue weighted by atomic mass is 9.95. The molecular weight excluding hydrogens is 675 g/mol. The molecule has 6 aromatic rings. The van der Waals surface area contributed by atoms with Crippen LogP contribution in [-0.4, -0.2) is 60.6 Å². The molecule has 260 valence electrons. The molecule has 0 radical (unpaired) electrons. The van der Waals surface area contributed by atoms with Crippen LogP contribution in [0.3, 0.4) is 0 Å². The highest BCUT2D eigenvalue weighted by Gasteiger charge is 2.33. The number of Topliss-reactive ketones (excluding diaryl/α,β-unsaturated/α-hetero) is 1. The Balaban J connectivity index is 1.40. The van der Waals surface area contributed by atoms with E-state index in [0.29, 0.717) is 40.7 Å². The van der Waals surface area contributed by atoms with Crippen molar-refractivity contribution in [1.29, 1.82) is 0 Å². The SMILES string of the molecule is CCC(=O)c1c(-c2ccc(F)cc2)oc2cc(N(CCF)S(C)(=O)=O)c(-c3cccc(C(=O)N4CCn5cccc5C4c4cccnc4)c3)cc12. The van der Waals surface area contributed by atoms with Crippen LogP contribution in [0.5, 0.6) is 0 Å². The predicted molar refractivity (Wildman–Crippen MR) is 191 cm³/mol. The molecular formula is C39H34F2N4O5S. The molecule has 0 saturated heterocycles. The van der Waals surface area contributed by atoms with E-state index in [1.54, 1.807) is 54.5 Å². The maximum Gasteiger partial charge on any atom is 0.254 e. The Morgan fingerprint density at radius 3 is 2.49 bits per heavy atom. The number of pyridine rings is 1. The molecule has 51 heavy (non-hydrogen) atoms. The maximum absolute atomic E-state index is 14.4. The lowest BCUT2D eigenvalue weighted by Gasteiger charge is -2.37. The van der Waals surface area contributed by atoms with Gasteiger partial charge in [0, 0.05) is 71.9 Å². The molecule has 1 amide bonds. The highest BCUT2D eigenvalue weighted by Crippen LogP contribution is 2.42. The Kier molecular flexibility index (Phi) is 9.02. The largest absolute Gasteiger partial charge is 0.455 e. The van der Waals surface area contributed by atoms with Gasteiger partial charge in [-0.1, -0.05) is 25.1 Å². The molecule has 0 aliphatic carbocycles. The smallest absolute Gasteiger partial charge is 0.254 e. The molecule has 1 aliphatic heterocycles. The molecule has 1 atom stereocenters. The Labute approximate surface area is 293 Å². The molecule has 3 aromatic carbocycles. The fourth-order valence-corrected chi connectivity index (χ4v) is 7.75. The summed E-state index contributed by atoms with van der Waals surface area (Å²) in [4.78, 5) is 34.0. The Hall–Kier alpha value is -5.62. The number of sulfonamides is 1. The van der Waals surface area contributed by atoms with Crippen LogP contribution in [0, 0.1) is 5.82 Å². The van der Waals surface area contributed by atoms with Crippen molar-refractivity contribution in [3.63, 3.8) is 0 Å². The van der Waals surface area contributed by atoms with Gasteiger partial charge in [0.15, 0.2) is 5.78 Å². The summed E-state index contributed by atoms with van der Waals surface area (Å²) < 4.78 is 63.3. The number of aromatic nitrogens is 2. The monoisotopic (exact) mass is 708 g/mol. The van der Waals surface area contributed by atoms with Crippen LogP contribution in [0.4, 0.5) is 14.5 Å². The van der Waals surface area contributed by atoms with Crippen molar-refractivity contribution < 1.29 is 31.2 Å². The first-order chi connectivity index (χ1) is 24.6. The van der Waals surface area contributed by atoms with Crippen molar-refractivity contribution in [1.82, 2.24) is 14.5 Å². The molecule has 4 heterocycles. The number of ketones is 1. The van der Waals surface area contributed by atoms with Crippen LogP contribution in [0.25, 0.3) is 33.4 Å². The summed E-state index contributed by atoms with van der Waals surface area (Å²) in [6.45, 7) is 1.31. The third kappa shape index (κ3) is 6.31. The number of benzene rings is 3. The summed E-state index contributed by atoms with van der Waals surface area (Å²) in [6, 6.07) is 22.8. The Morgan fingerprint density at radius 1 is 0.980 bits per heavy atom. The third-order valence-corrected chi connectivity index (χ3v) is 10.4. The molecule has 0 fully saturated rings. The standard InChI is InChI=1S/C39H34F2N4O5S/c1-3-34(46)36-31-22-30(33(45(18-15-40)51(2,48)49)23-35(31)50-38(36)25-11-13-29(41)14-12-25)26-7-4-8-27(21-26)39(47)44-20-19-43-17-6-10-32(43)37(44)28-9-5-16-42-24-28/h4-14,16-17,21-24,37H,3,15,18-20H2,1-2H3. The van der Waals surface area contributed by atoms with Crippen molar-refractivity contribution >= 4 is 38.4 Å². The summed E-state index contributed by atoms with van der Waals surface area (Å²) >= 11 is 0. The highest BCUT2D eigenvalue weighted by atomic mass is 32.2. The second kappa shape index (κ2) is 13.6. The van der Waals surface area contributed by atoms with Crippen LogP contribution < -0.4 is 4.31 Å². The van der Waals surface area contributed by atoms with Gasteiger partial charge >= 0.3 is 0 Å². The van der Waals surface area contributed by atoms with E-state index < -0.39 is 35.1 Å². The minimum absolute atomic E-state index is 0.117. The lowest BCUT2D eigenvalue weighted by molar-refractivity contribution is 0.0663. The predicted octanol–water partition coefficient (Wildman–Crippen LogP) is 7.68. The van der Waals surface area contributed by atoms with Crippen molar-refractivity contribution in [3.05, 3.63) is 132 Å². The Bertz CT molecular complexity index is 2370. The topological polar surface area (TPSA) is 106 Å². The maximum atomic E-state index is 14.4. The number of carbonyl (C=O) groups excluding carboxylic acids is 2. The quantitative estimate of drug-likeness (QED) is 0.135. The van der Waals surface area contributed by atoms with Crippen LogP contribution in [-0.2, 0) is 16.6 Å². The molecule has 3 aromatic heterocycles. The van der Waals surface area contributed by atoms with Crippen LogP contribution >= 0.6 is 0 Å². The van der Waals surface area contributed by atoms with E-state index in [2.05, 4.69) is 9.55 Å². The van der Waals surface area contributed by atoms with Gasteiger partial charge in [0.2, 0.25) is 10.0 Å². The van der Waals surface area contributed by atoms with Gasteiger partial charge in [-0.25, -0.2) is 17.2 Å². The zero-order valence-electron chi connectivity index (χ0n) is 27.9. The lowest BCUT2D eigenvalue weighted by Crippen LogP contribution is -2.42. The molecule has 0 N–H and O–H groups in total. The first-order valence-electron chi connectivity index (χ1n) is 16.5. The van der Waals surface area contributed by atoms with Gasteiger partial charge in [0.1, 0.15) is 23.8 Å². The zero-order valence-corrected chi connectivity index (χ0v) is 28.7. The van der Waals surface area contributed by atoms with E-state index in [-0.39, 0.29) is 40.7 Å². The van der Waals surface area contributed by atoms with Crippen molar-refractivity contribution in [2.75, 3.05) is 30.3 Å². The first kappa shape index (κ1) is 33.9. The Morgan fingerprint density at radius 2 is 1.78 bits per heavy atom. The molecule has 12 heteroatoms. The normalized spacial score (nSPS) is 14.4. The highest BCUT2D eigenvalue weighted by molar-refractivity contribution is 7.92. The van der Waals surface area contributed by atoms with Gasteiger partial charge in [-0.15, -0.1) is 0 Å². The fourth-order valence-electron chi connectivity index (χ4n) is 6.85. The number of furan rings is 1. The number of carbonyl (C=O) groups is 2. The molecule has 1 unspecified atom stereocenters. The van der Waals surface area contributed by atoms with Crippen LogP contribution in [0.15, 0.2) is 108 Å². The molecule has 0 saturated carbocycles. The van der Waals surface area contributed by atoms with E-state index in [0.717, 1.165) is 21.8 Å². The number of anilines is 1. The summed E-state index contributed by atoms with van der Waals surface area (Å²) in [5.41, 5.74) is 4.01. The van der Waals surface area contributed by atoms with Gasteiger partial charge in [-0.05, 0) is 71.8 Å². The summed E-state index contributed by atoms with van der Waals surface area (Å²) in [6.07, 6.45) is 6.54. The fraction of sp³-hybridized carbons (Fsp3) is 0.205. The van der Waals surface area contributed by atoms with E-state index in [1.165, 1.54) is 30.3 Å². The second-order valence-corrected chi connectivity index (χ2v) is 14.3. The zero-order chi connectivity index (χ0) is 35.9.